The minimum absolute atomic E-state index is 0.694. The van der Waals surface area contributed by atoms with Crippen LogP contribution in [0.25, 0.3) is 33.1 Å². The smallest absolute Gasteiger partial charge is 0.160 e. The maximum absolute atomic E-state index is 6.07. The minimum Gasteiger partial charge on any atom is -0.493 e. The van der Waals surface area contributed by atoms with Crippen molar-refractivity contribution >= 4 is 33.1 Å². The van der Waals surface area contributed by atoms with Crippen LogP contribution in [0, 0.1) is 0 Å². The van der Waals surface area contributed by atoms with Crippen LogP contribution in [-0.2, 0) is 6.54 Å². The molecule has 0 aliphatic heterocycles. The fraction of sp³-hybridized carbons (Fsp3) is 0.200. The van der Waals surface area contributed by atoms with Crippen molar-refractivity contribution in [2.75, 3.05) is 6.61 Å². The summed E-state index contributed by atoms with van der Waals surface area (Å²) < 4.78 is 8.33. The van der Waals surface area contributed by atoms with Gasteiger partial charge in [0.25, 0.3) is 0 Å². The van der Waals surface area contributed by atoms with Gasteiger partial charge in [-0.2, -0.15) is 0 Å². The lowest BCUT2D eigenvalue weighted by molar-refractivity contribution is 0.306. The third kappa shape index (κ3) is 3.21. The molecule has 0 amide bonds. The molecule has 0 aliphatic carbocycles. The summed E-state index contributed by atoms with van der Waals surface area (Å²) in [5.74, 6) is 0.945. The maximum atomic E-state index is 6.07. The van der Waals surface area contributed by atoms with Crippen molar-refractivity contribution in [3.8, 4) is 5.75 Å². The van der Waals surface area contributed by atoms with E-state index in [1.165, 1.54) is 0 Å². The van der Waals surface area contributed by atoms with E-state index in [1.807, 2.05) is 30.3 Å². The molecule has 0 fully saturated rings. The molecule has 2 heterocycles. The Labute approximate surface area is 169 Å². The van der Waals surface area contributed by atoms with E-state index < -0.39 is 0 Å². The lowest BCUT2D eigenvalue weighted by atomic mass is 10.2. The maximum Gasteiger partial charge on any atom is 0.160 e. The van der Waals surface area contributed by atoms with Crippen molar-refractivity contribution in [2.45, 2.75) is 26.3 Å². The largest absolute Gasteiger partial charge is 0.493 e. The van der Waals surface area contributed by atoms with Crippen molar-refractivity contribution < 1.29 is 4.74 Å². The van der Waals surface area contributed by atoms with E-state index in [0.717, 1.165) is 63.9 Å². The van der Waals surface area contributed by atoms with E-state index in [4.69, 9.17) is 14.7 Å². The number of rotatable bonds is 6. The zero-order chi connectivity index (χ0) is 19.6. The third-order valence-electron chi connectivity index (χ3n) is 5.31. The van der Waals surface area contributed by atoms with Gasteiger partial charge in [-0.1, -0.05) is 61.9 Å². The Kier molecular flexibility index (Phi) is 4.60. The standard InChI is InChI=1S/C25H23N3O/c1-2-3-16-29-23-15-9-4-10-18(23)17-28-22-14-8-5-11-19(22)24-25(28)27-21-13-7-6-12-20(21)26-24/h4-15H,2-3,16-17H2,1H3. The van der Waals surface area contributed by atoms with Crippen molar-refractivity contribution in [3.63, 3.8) is 0 Å². The van der Waals surface area contributed by atoms with Crippen LogP contribution in [0.15, 0.2) is 72.8 Å². The Morgan fingerprint density at radius 3 is 2.41 bits per heavy atom. The lowest BCUT2D eigenvalue weighted by Crippen LogP contribution is -2.05. The molecule has 0 spiro atoms. The van der Waals surface area contributed by atoms with E-state index in [1.54, 1.807) is 0 Å². The van der Waals surface area contributed by atoms with E-state index in [0.29, 0.717) is 6.54 Å². The van der Waals surface area contributed by atoms with Crippen molar-refractivity contribution in [1.29, 1.82) is 0 Å². The van der Waals surface area contributed by atoms with E-state index >= 15 is 0 Å². The van der Waals surface area contributed by atoms with Crippen LogP contribution in [0.3, 0.4) is 0 Å². The van der Waals surface area contributed by atoms with Crippen LogP contribution in [-0.4, -0.2) is 21.1 Å². The molecule has 0 unspecified atom stereocenters. The van der Waals surface area contributed by atoms with E-state index in [2.05, 4.69) is 54.0 Å². The Hall–Kier alpha value is -3.40. The van der Waals surface area contributed by atoms with Crippen LogP contribution >= 0.6 is 0 Å². The van der Waals surface area contributed by atoms with Gasteiger partial charge in [-0.05, 0) is 30.7 Å². The Balaban J connectivity index is 1.67. The average Bonchev–Trinajstić information content (AvgIpc) is 3.06. The average molecular weight is 381 g/mol. The van der Waals surface area contributed by atoms with Gasteiger partial charge in [0.1, 0.15) is 11.3 Å². The molecule has 0 aliphatic rings. The van der Waals surface area contributed by atoms with Gasteiger partial charge in [0.2, 0.25) is 0 Å². The Bertz CT molecular complexity index is 1310. The number of ether oxygens (including phenoxy) is 1. The first kappa shape index (κ1) is 17.7. The number of fused-ring (bicyclic) bond motifs is 4. The van der Waals surface area contributed by atoms with Crippen LogP contribution in [0.4, 0.5) is 0 Å². The predicted octanol–water partition coefficient (Wildman–Crippen LogP) is 5.96. The first-order chi connectivity index (χ1) is 14.3. The topological polar surface area (TPSA) is 39.9 Å². The first-order valence-corrected chi connectivity index (χ1v) is 10.2. The van der Waals surface area contributed by atoms with Crippen molar-refractivity contribution in [3.05, 3.63) is 78.4 Å². The highest BCUT2D eigenvalue weighted by molar-refractivity contribution is 6.06. The van der Waals surface area contributed by atoms with Gasteiger partial charge in [-0.25, -0.2) is 9.97 Å². The predicted molar refractivity (Wildman–Crippen MR) is 118 cm³/mol. The van der Waals surface area contributed by atoms with Gasteiger partial charge in [-0.3, -0.25) is 0 Å². The second-order valence-corrected chi connectivity index (χ2v) is 7.30. The van der Waals surface area contributed by atoms with Crippen molar-refractivity contribution in [2.24, 2.45) is 0 Å². The molecular formula is C25H23N3O. The summed E-state index contributed by atoms with van der Waals surface area (Å²) in [5.41, 5.74) is 5.99. The molecule has 0 radical (unpaired) electrons. The molecule has 0 N–H and O–H groups in total. The molecule has 0 atom stereocenters. The fourth-order valence-electron chi connectivity index (χ4n) is 3.82. The molecule has 3 aromatic carbocycles. The SMILES string of the molecule is CCCCOc1ccccc1Cn1c2ccccc2c2nc3ccccc3nc21. The summed E-state index contributed by atoms with van der Waals surface area (Å²) in [6.07, 6.45) is 2.18. The summed E-state index contributed by atoms with van der Waals surface area (Å²) in [6, 6.07) is 24.7. The van der Waals surface area contributed by atoms with Gasteiger partial charge in [0, 0.05) is 10.9 Å². The number of unbranched alkanes of at least 4 members (excludes halogenated alkanes) is 1. The highest BCUT2D eigenvalue weighted by Crippen LogP contribution is 2.30. The molecule has 5 aromatic rings. The second kappa shape index (κ2) is 7.55. The summed E-state index contributed by atoms with van der Waals surface area (Å²) in [7, 11) is 0. The summed E-state index contributed by atoms with van der Waals surface area (Å²) in [4.78, 5) is 9.91. The number of aromatic nitrogens is 3. The monoisotopic (exact) mass is 381 g/mol. The normalized spacial score (nSPS) is 11.5. The third-order valence-corrected chi connectivity index (χ3v) is 5.31. The van der Waals surface area contributed by atoms with Gasteiger partial charge in [0.05, 0.1) is 29.7 Å². The number of nitrogens with zero attached hydrogens (tertiary/aromatic N) is 3. The van der Waals surface area contributed by atoms with Crippen LogP contribution < -0.4 is 4.74 Å². The van der Waals surface area contributed by atoms with Gasteiger partial charge < -0.3 is 9.30 Å². The molecule has 5 rings (SSSR count). The van der Waals surface area contributed by atoms with Crippen LogP contribution in [0.2, 0.25) is 0 Å². The highest BCUT2D eigenvalue weighted by Gasteiger charge is 2.15. The van der Waals surface area contributed by atoms with Gasteiger partial charge in [0.15, 0.2) is 5.65 Å². The molecule has 0 saturated carbocycles. The summed E-state index contributed by atoms with van der Waals surface area (Å²) in [5, 5.41) is 1.13. The number of hydrogen-bond acceptors (Lipinski definition) is 3. The van der Waals surface area contributed by atoms with Crippen LogP contribution in [0.5, 0.6) is 5.75 Å². The summed E-state index contributed by atoms with van der Waals surface area (Å²) in [6.45, 7) is 3.61. The molecule has 29 heavy (non-hydrogen) atoms. The molecule has 0 bridgehead atoms. The molecule has 144 valence electrons. The Morgan fingerprint density at radius 2 is 1.55 bits per heavy atom. The summed E-state index contributed by atoms with van der Waals surface area (Å²) >= 11 is 0. The Morgan fingerprint density at radius 1 is 0.828 bits per heavy atom. The molecular weight excluding hydrogens is 358 g/mol. The second-order valence-electron chi connectivity index (χ2n) is 7.30. The quantitative estimate of drug-likeness (QED) is 0.340. The molecule has 4 nitrogen and oxygen atoms in total. The number of benzene rings is 3. The lowest BCUT2D eigenvalue weighted by Gasteiger charge is -2.13. The number of hydrogen-bond donors (Lipinski definition) is 0. The van der Waals surface area contributed by atoms with E-state index in [9.17, 15) is 0 Å². The zero-order valence-electron chi connectivity index (χ0n) is 16.5. The fourth-order valence-corrected chi connectivity index (χ4v) is 3.82. The molecule has 4 heteroatoms. The first-order valence-electron chi connectivity index (χ1n) is 10.2. The molecule has 2 aromatic heterocycles. The highest BCUT2D eigenvalue weighted by atomic mass is 16.5. The minimum atomic E-state index is 0.694. The zero-order valence-corrected chi connectivity index (χ0v) is 16.5. The van der Waals surface area contributed by atoms with Gasteiger partial charge in [-0.15, -0.1) is 0 Å². The molecule has 0 saturated heterocycles. The van der Waals surface area contributed by atoms with Gasteiger partial charge >= 0.3 is 0 Å². The van der Waals surface area contributed by atoms with E-state index in [-0.39, 0.29) is 0 Å². The van der Waals surface area contributed by atoms with Crippen molar-refractivity contribution in [1.82, 2.24) is 14.5 Å². The van der Waals surface area contributed by atoms with Crippen LogP contribution in [0.1, 0.15) is 25.3 Å². The number of para-hydroxylation sites is 4.